The predicted molar refractivity (Wildman–Crippen MR) is 108 cm³/mol. The quantitative estimate of drug-likeness (QED) is 0.738. The van der Waals surface area contributed by atoms with Gasteiger partial charge in [0, 0.05) is 38.5 Å². The molecule has 5 nitrogen and oxygen atoms in total. The van der Waals surface area contributed by atoms with Gasteiger partial charge in [0.05, 0.1) is 10.6 Å². The monoisotopic (exact) mass is 402 g/mol. The number of anilines is 1. The van der Waals surface area contributed by atoms with Crippen LogP contribution < -0.4 is 4.90 Å². The van der Waals surface area contributed by atoms with Gasteiger partial charge in [-0.1, -0.05) is 30.3 Å². The summed E-state index contributed by atoms with van der Waals surface area (Å²) < 4.78 is 37.6. The standard InChI is InChI=1S/C21H23FN2O3S/c1-28(26,27)18-9-10-20(19(22)16-18)23-12-5-13-24(15-14-23)21(25)11-8-17-6-3-2-4-7-17/h2-4,6-11,16H,5,12-15H2,1H3/b11-8+. The van der Waals surface area contributed by atoms with Crippen molar-refractivity contribution in [2.75, 3.05) is 37.3 Å². The summed E-state index contributed by atoms with van der Waals surface area (Å²) in [6.45, 7) is 2.16. The van der Waals surface area contributed by atoms with Gasteiger partial charge in [0.1, 0.15) is 5.82 Å². The van der Waals surface area contributed by atoms with E-state index in [1.165, 1.54) is 12.1 Å². The van der Waals surface area contributed by atoms with Gasteiger partial charge in [-0.25, -0.2) is 12.8 Å². The summed E-state index contributed by atoms with van der Waals surface area (Å²) in [6.07, 6.45) is 5.11. The molecular formula is C21H23FN2O3S. The van der Waals surface area contributed by atoms with Crippen LogP contribution in [0.25, 0.3) is 6.08 Å². The highest BCUT2D eigenvalue weighted by atomic mass is 32.2. The number of carbonyl (C=O) groups is 1. The van der Waals surface area contributed by atoms with Crippen molar-refractivity contribution in [2.24, 2.45) is 0 Å². The summed E-state index contributed by atoms with van der Waals surface area (Å²) in [5, 5.41) is 0. The maximum atomic E-state index is 14.5. The zero-order valence-electron chi connectivity index (χ0n) is 15.7. The minimum atomic E-state index is -3.45. The lowest BCUT2D eigenvalue weighted by molar-refractivity contribution is -0.125. The second kappa shape index (κ2) is 8.56. The molecule has 0 aliphatic carbocycles. The molecule has 1 saturated heterocycles. The zero-order valence-corrected chi connectivity index (χ0v) is 16.5. The largest absolute Gasteiger partial charge is 0.367 e. The first-order chi connectivity index (χ1) is 13.3. The minimum Gasteiger partial charge on any atom is -0.367 e. The summed E-state index contributed by atoms with van der Waals surface area (Å²) in [5.74, 6) is -0.634. The summed E-state index contributed by atoms with van der Waals surface area (Å²) in [7, 11) is -3.45. The van der Waals surface area contributed by atoms with E-state index in [1.807, 2.05) is 35.2 Å². The summed E-state index contributed by atoms with van der Waals surface area (Å²) >= 11 is 0. The Labute approximate surface area is 165 Å². The molecule has 2 aromatic carbocycles. The molecule has 0 atom stereocenters. The second-order valence-corrected chi connectivity index (χ2v) is 8.81. The Kier molecular flexibility index (Phi) is 6.14. The van der Waals surface area contributed by atoms with Crippen LogP contribution in [0.1, 0.15) is 12.0 Å². The van der Waals surface area contributed by atoms with Crippen LogP contribution >= 0.6 is 0 Å². The molecule has 0 unspecified atom stereocenters. The Bertz CT molecular complexity index is 974. The lowest BCUT2D eigenvalue weighted by Gasteiger charge is -2.24. The highest BCUT2D eigenvalue weighted by Gasteiger charge is 2.21. The fraction of sp³-hybridized carbons (Fsp3) is 0.286. The Balaban J connectivity index is 1.66. The van der Waals surface area contributed by atoms with Crippen molar-refractivity contribution in [3.8, 4) is 0 Å². The van der Waals surface area contributed by atoms with Gasteiger partial charge in [-0.2, -0.15) is 0 Å². The zero-order chi connectivity index (χ0) is 20.1. The number of carbonyl (C=O) groups excluding carboxylic acids is 1. The third-order valence-corrected chi connectivity index (χ3v) is 5.82. The normalized spacial score (nSPS) is 15.6. The third-order valence-electron chi connectivity index (χ3n) is 4.71. The van der Waals surface area contributed by atoms with E-state index in [0.29, 0.717) is 38.3 Å². The average molecular weight is 402 g/mol. The van der Waals surface area contributed by atoms with Crippen molar-refractivity contribution in [2.45, 2.75) is 11.3 Å². The average Bonchev–Trinajstić information content (AvgIpc) is 2.92. The molecule has 0 bridgehead atoms. The number of halogens is 1. The molecule has 148 valence electrons. The van der Waals surface area contributed by atoms with Gasteiger partial charge in [0.2, 0.25) is 5.91 Å². The van der Waals surface area contributed by atoms with E-state index in [4.69, 9.17) is 0 Å². The van der Waals surface area contributed by atoms with Crippen molar-refractivity contribution < 1.29 is 17.6 Å². The minimum absolute atomic E-state index is 0.0357. The lowest BCUT2D eigenvalue weighted by atomic mass is 10.2. The number of hydrogen-bond acceptors (Lipinski definition) is 4. The second-order valence-electron chi connectivity index (χ2n) is 6.80. The maximum Gasteiger partial charge on any atom is 0.246 e. The van der Waals surface area contributed by atoms with Crippen LogP contribution in [0.2, 0.25) is 0 Å². The molecular weight excluding hydrogens is 379 g/mol. The number of hydrogen-bond donors (Lipinski definition) is 0. The third kappa shape index (κ3) is 4.98. The predicted octanol–water partition coefficient (Wildman–Crippen LogP) is 2.98. The number of benzene rings is 2. The highest BCUT2D eigenvalue weighted by molar-refractivity contribution is 7.90. The van der Waals surface area contributed by atoms with Crippen molar-refractivity contribution in [1.29, 1.82) is 0 Å². The molecule has 1 heterocycles. The van der Waals surface area contributed by atoms with Gasteiger partial charge in [0.15, 0.2) is 9.84 Å². The molecule has 0 saturated carbocycles. The Hall–Kier alpha value is -2.67. The number of rotatable bonds is 4. The summed E-state index contributed by atoms with van der Waals surface area (Å²) in [4.78, 5) is 16.0. The number of sulfone groups is 1. The van der Waals surface area contributed by atoms with Gasteiger partial charge in [-0.05, 0) is 36.3 Å². The van der Waals surface area contributed by atoms with Crippen molar-refractivity contribution >= 4 is 27.5 Å². The van der Waals surface area contributed by atoms with Crippen molar-refractivity contribution in [3.05, 3.63) is 66.0 Å². The Morgan fingerprint density at radius 3 is 2.46 bits per heavy atom. The number of amides is 1. The molecule has 0 N–H and O–H groups in total. The molecule has 0 spiro atoms. The molecule has 1 fully saturated rings. The smallest absolute Gasteiger partial charge is 0.246 e. The van der Waals surface area contributed by atoms with E-state index >= 15 is 0 Å². The van der Waals surface area contributed by atoms with Gasteiger partial charge in [-0.15, -0.1) is 0 Å². The molecule has 0 aromatic heterocycles. The van der Waals surface area contributed by atoms with Crippen LogP contribution in [0, 0.1) is 5.82 Å². The fourth-order valence-corrected chi connectivity index (χ4v) is 3.82. The molecule has 1 amide bonds. The lowest BCUT2D eigenvalue weighted by Crippen LogP contribution is -2.34. The Morgan fingerprint density at radius 2 is 1.79 bits per heavy atom. The molecule has 7 heteroatoms. The first-order valence-corrected chi connectivity index (χ1v) is 11.0. The molecule has 1 aliphatic heterocycles. The van der Waals surface area contributed by atoms with Gasteiger partial charge in [0.25, 0.3) is 0 Å². The SMILES string of the molecule is CS(=O)(=O)c1ccc(N2CCCN(C(=O)/C=C/c3ccccc3)CC2)c(F)c1. The first-order valence-electron chi connectivity index (χ1n) is 9.11. The van der Waals surface area contributed by atoms with Crippen molar-refractivity contribution in [1.82, 2.24) is 4.90 Å². The van der Waals surface area contributed by atoms with Gasteiger partial charge < -0.3 is 9.80 Å². The van der Waals surface area contributed by atoms with Gasteiger partial charge in [-0.3, -0.25) is 4.79 Å². The van der Waals surface area contributed by atoms with Crippen LogP contribution in [0.15, 0.2) is 59.5 Å². The van der Waals surface area contributed by atoms with E-state index in [-0.39, 0.29) is 10.8 Å². The van der Waals surface area contributed by atoms with Crippen LogP contribution in [0.5, 0.6) is 0 Å². The van der Waals surface area contributed by atoms with E-state index < -0.39 is 15.7 Å². The van der Waals surface area contributed by atoms with Crippen LogP contribution in [-0.4, -0.2) is 51.7 Å². The van der Waals surface area contributed by atoms with Crippen molar-refractivity contribution in [3.63, 3.8) is 0 Å². The topological polar surface area (TPSA) is 57.7 Å². The van der Waals surface area contributed by atoms with E-state index in [9.17, 15) is 17.6 Å². The first kappa shape index (κ1) is 20.1. The van der Waals surface area contributed by atoms with Crippen LogP contribution in [0.3, 0.4) is 0 Å². The summed E-state index contributed by atoms with van der Waals surface area (Å²) in [6, 6.07) is 13.6. The molecule has 2 aromatic rings. The van der Waals surface area contributed by atoms with Crippen LogP contribution in [0.4, 0.5) is 10.1 Å². The highest BCUT2D eigenvalue weighted by Crippen LogP contribution is 2.24. The van der Waals surface area contributed by atoms with Crippen LogP contribution in [-0.2, 0) is 14.6 Å². The molecule has 28 heavy (non-hydrogen) atoms. The fourth-order valence-electron chi connectivity index (χ4n) is 3.19. The number of nitrogens with zero attached hydrogens (tertiary/aromatic N) is 2. The van der Waals surface area contributed by atoms with E-state index in [0.717, 1.165) is 17.9 Å². The summed E-state index contributed by atoms with van der Waals surface area (Å²) in [5.41, 5.74) is 1.32. The van der Waals surface area contributed by atoms with E-state index in [1.54, 1.807) is 17.1 Å². The molecule has 1 aliphatic rings. The molecule has 3 rings (SSSR count). The maximum absolute atomic E-state index is 14.5. The van der Waals surface area contributed by atoms with E-state index in [2.05, 4.69) is 0 Å². The Morgan fingerprint density at radius 1 is 1.04 bits per heavy atom. The van der Waals surface area contributed by atoms with Gasteiger partial charge >= 0.3 is 0 Å². The molecule has 0 radical (unpaired) electrons.